The van der Waals surface area contributed by atoms with Crippen LogP contribution in [0.1, 0.15) is 21.5 Å². The van der Waals surface area contributed by atoms with Crippen LogP contribution in [0.25, 0.3) is 0 Å². The molecule has 0 bridgehead atoms. The van der Waals surface area contributed by atoms with Crippen LogP contribution >= 0.6 is 23.2 Å². The minimum atomic E-state index is -0.112. The highest BCUT2D eigenvalue weighted by Crippen LogP contribution is 2.34. The van der Waals surface area contributed by atoms with Crippen molar-refractivity contribution < 1.29 is 13.9 Å². The lowest BCUT2D eigenvalue weighted by atomic mass is 10.0. The summed E-state index contributed by atoms with van der Waals surface area (Å²) in [6.45, 7) is 0.628. The number of ketones is 1. The lowest BCUT2D eigenvalue weighted by molar-refractivity contribution is 0.0991. The Morgan fingerprint density at radius 2 is 2.16 bits per heavy atom. The predicted molar refractivity (Wildman–Crippen MR) is 72.4 cm³/mol. The van der Waals surface area contributed by atoms with Crippen molar-refractivity contribution in [2.24, 2.45) is 0 Å². The number of ether oxygens (including phenoxy) is 1. The maximum Gasteiger partial charge on any atom is 0.203 e. The van der Waals surface area contributed by atoms with Crippen LogP contribution in [0.2, 0.25) is 10.2 Å². The third kappa shape index (κ3) is 2.36. The molecule has 0 spiro atoms. The number of carbonyl (C=O) groups excluding carboxylic acids is 1. The third-order valence-electron chi connectivity index (χ3n) is 3.09. The molecule has 19 heavy (non-hydrogen) atoms. The van der Waals surface area contributed by atoms with Crippen LogP contribution in [0.3, 0.4) is 0 Å². The van der Waals surface area contributed by atoms with Gasteiger partial charge in [0.1, 0.15) is 5.75 Å². The Hall–Kier alpha value is -1.45. The van der Waals surface area contributed by atoms with E-state index in [9.17, 15) is 4.79 Å². The number of rotatable bonds is 3. The largest absolute Gasteiger partial charge is 0.493 e. The van der Waals surface area contributed by atoms with E-state index in [-0.39, 0.29) is 17.4 Å². The molecule has 3 rings (SSSR count). The number of hydrogen-bond donors (Lipinski definition) is 0. The molecule has 5 heteroatoms. The van der Waals surface area contributed by atoms with Crippen molar-refractivity contribution in [3.05, 3.63) is 51.4 Å². The topological polar surface area (TPSA) is 39.4 Å². The van der Waals surface area contributed by atoms with Gasteiger partial charge >= 0.3 is 0 Å². The molecule has 0 saturated carbocycles. The molecule has 0 aliphatic carbocycles. The summed E-state index contributed by atoms with van der Waals surface area (Å²) in [6.07, 6.45) is 2.42. The standard InChI is InChI=1S/C14H10Cl2O3/c15-10-5-8-1-3-18-13(8)9(6-10)7-12(17)11-2-4-19-14(11)16/h2,4-6H,1,3,7H2. The van der Waals surface area contributed by atoms with E-state index in [1.54, 1.807) is 12.1 Å². The van der Waals surface area contributed by atoms with E-state index in [1.165, 1.54) is 6.26 Å². The Morgan fingerprint density at radius 1 is 1.32 bits per heavy atom. The van der Waals surface area contributed by atoms with Gasteiger partial charge in [-0.25, -0.2) is 0 Å². The molecule has 0 unspecified atom stereocenters. The van der Waals surface area contributed by atoms with Gasteiger partial charge in [0, 0.05) is 23.4 Å². The predicted octanol–water partition coefficient (Wildman–Crippen LogP) is 3.95. The first-order valence-electron chi connectivity index (χ1n) is 5.85. The molecular formula is C14H10Cl2O3. The maximum absolute atomic E-state index is 12.2. The first-order valence-corrected chi connectivity index (χ1v) is 6.61. The van der Waals surface area contributed by atoms with E-state index in [2.05, 4.69) is 0 Å². The number of furan rings is 1. The molecule has 2 aromatic rings. The van der Waals surface area contributed by atoms with Crippen LogP contribution in [-0.4, -0.2) is 12.4 Å². The molecule has 0 atom stereocenters. The first-order chi connectivity index (χ1) is 9.15. The number of Topliss-reactive ketones (excluding diaryl/α,β-unsaturated/α-hetero) is 1. The normalized spacial score (nSPS) is 13.2. The number of halogens is 2. The number of carbonyl (C=O) groups is 1. The van der Waals surface area contributed by atoms with E-state index >= 15 is 0 Å². The molecule has 0 radical (unpaired) electrons. The van der Waals surface area contributed by atoms with Crippen molar-refractivity contribution in [2.45, 2.75) is 12.8 Å². The third-order valence-corrected chi connectivity index (χ3v) is 3.61. The highest BCUT2D eigenvalue weighted by atomic mass is 35.5. The van der Waals surface area contributed by atoms with Crippen molar-refractivity contribution in [1.82, 2.24) is 0 Å². The Balaban J connectivity index is 1.92. The smallest absolute Gasteiger partial charge is 0.203 e. The summed E-state index contributed by atoms with van der Waals surface area (Å²) in [4.78, 5) is 12.2. The van der Waals surface area contributed by atoms with E-state index < -0.39 is 0 Å². The Kier molecular flexibility index (Phi) is 3.25. The Morgan fingerprint density at radius 3 is 2.89 bits per heavy atom. The molecule has 0 N–H and O–H groups in total. The average Bonchev–Trinajstić information content (AvgIpc) is 2.97. The lowest BCUT2D eigenvalue weighted by Gasteiger charge is -2.08. The van der Waals surface area contributed by atoms with Crippen LogP contribution in [-0.2, 0) is 12.8 Å². The van der Waals surface area contributed by atoms with Crippen LogP contribution < -0.4 is 4.74 Å². The molecule has 0 fully saturated rings. The van der Waals surface area contributed by atoms with Gasteiger partial charge in [0.2, 0.25) is 5.22 Å². The number of fused-ring (bicyclic) bond motifs is 1. The highest BCUT2D eigenvalue weighted by molar-refractivity contribution is 6.32. The molecule has 0 saturated heterocycles. The molecule has 2 heterocycles. The van der Waals surface area contributed by atoms with Crippen molar-refractivity contribution in [1.29, 1.82) is 0 Å². The minimum Gasteiger partial charge on any atom is -0.493 e. The molecule has 1 aliphatic heterocycles. The summed E-state index contributed by atoms with van der Waals surface area (Å²) >= 11 is 11.9. The fourth-order valence-electron chi connectivity index (χ4n) is 2.24. The summed E-state index contributed by atoms with van der Waals surface area (Å²) in [5, 5.41) is 0.731. The first kappa shape index (κ1) is 12.6. The van der Waals surface area contributed by atoms with Gasteiger partial charge in [-0.2, -0.15) is 0 Å². The average molecular weight is 297 g/mol. The van der Waals surface area contributed by atoms with E-state index in [0.29, 0.717) is 17.2 Å². The van der Waals surface area contributed by atoms with Gasteiger partial charge in [-0.15, -0.1) is 0 Å². The molecule has 1 aromatic carbocycles. The van der Waals surface area contributed by atoms with E-state index in [1.807, 2.05) is 6.07 Å². The fourth-order valence-corrected chi connectivity index (χ4v) is 2.72. The van der Waals surface area contributed by atoms with Crippen LogP contribution in [0.5, 0.6) is 5.75 Å². The van der Waals surface area contributed by atoms with Gasteiger partial charge in [-0.1, -0.05) is 11.6 Å². The zero-order chi connectivity index (χ0) is 13.4. The van der Waals surface area contributed by atoms with E-state index in [4.69, 9.17) is 32.4 Å². The van der Waals surface area contributed by atoms with Gasteiger partial charge in [0.05, 0.1) is 18.4 Å². The molecule has 0 amide bonds. The van der Waals surface area contributed by atoms with Crippen molar-refractivity contribution in [2.75, 3.05) is 6.61 Å². The minimum absolute atomic E-state index is 0.112. The molecule has 1 aromatic heterocycles. The van der Waals surface area contributed by atoms with Crippen molar-refractivity contribution in [3.63, 3.8) is 0 Å². The van der Waals surface area contributed by atoms with Crippen LogP contribution in [0, 0.1) is 0 Å². The van der Waals surface area contributed by atoms with Crippen LogP contribution in [0.4, 0.5) is 0 Å². The van der Waals surface area contributed by atoms with Gasteiger partial charge < -0.3 is 9.15 Å². The molecule has 3 nitrogen and oxygen atoms in total. The summed E-state index contributed by atoms with van der Waals surface area (Å²) in [5.41, 5.74) is 2.23. The number of hydrogen-bond acceptors (Lipinski definition) is 3. The SMILES string of the molecule is O=C(Cc1cc(Cl)cc2c1OCC2)c1ccoc1Cl. The zero-order valence-electron chi connectivity index (χ0n) is 9.91. The second kappa shape index (κ2) is 4.91. The Bertz CT molecular complexity index is 646. The maximum atomic E-state index is 12.2. The van der Waals surface area contributed by atoms with Gasteiger partial charge in [0.25, 0.3) is 0 Å². The lowest BCUT2D eigenvalue weighted by Crippen LogP contribution is -2.04. The fraction of sp³-hybridized carbons (Fsp3) is 0.214. The second-order valence-electron chi connectivity index (χ2n) is 4.36. The second-order valence-corrected chi connectivity index (χ2v) is 5.14. The summed E-state index contributed by atoms with van der Waals surface area (Å²) in [5.74, 6) is 0.663. The van der Waals surface area contributed by atoms with Gasteiger partial charge in [0.15, 0.2) is 5.78 Å². The van der Waals surface area contributed by atoms with E-state index in [0.717, 1.165) is 23.3 Å². The Labute approximate surface area is 120 Å². The monoisotopic (exact) mass is 296 g/mol. The molecule has 98 valence electrons. The van der Waals surface area contributed by atoms with Crippen LogP contribution in [0.15, 0.2) is 28.9 Å². The van der Waals surface area contributed by atoms with Crippen molar-refractivity contribution >= 4 is 29.0 Å². The molecule has 1 aliphatic rings. The number of benzene rings is 1. The molecular weight excluding hydrogens is 287 g/mol. The summed E-state index contributed by atoms with van der Waals surface area (Å²) < 4.78 is 10.5. The zero-order valence-corrected chi connectivity index (χ0v) is 11.4. The quantitative estimate of drug-likeness (QED) is 0.805. The summed E-state index contributed by atoms with van der Waals surface area (Å²) in [6, 6.07) is 5.20. The van der Waals surface area contributed by atoms with Gasteiger partial charge in [-0.05, 0) is 35.4 Å². The van der Waals surface area contributed by atoms with Gasteiger partial charge in [-0.3, -0.25) is 4.79 Å². The van der Waals surface area contributed by atoms with Crippen molar-refractivity contribution in [3.8, 4) is 5.75 Å². The summed E-state index contributed by atoms with van der Waals surface area (Å²) in [7, 11) is 0. The highest BCUT2D eigenvalue weighted by Gasteiger charge is 2.21.